The molecule has 0 aromatic heterocycles. The van der Waals surface area contributed by atoms with E-state index >= 15 is 0 Å². The van der Waals surface area contributed by atoms with Gasteiger partial charge in [-0.1, -0.05) is 6.92 Å². The lowest BCUT2D eigenvalue weighted by atomic mass is 10.2. The normalized spacial score (nSPS) is 13.7. The van der Waals surface area contributed by atoms with Gasteiger partial charge in [0.25, 0.3) is 0 Å². The topological polar surface area (TPSA) is 61.2 Å². The number of nitrogens with zero attached hydrogens (tertiary/aromatic N) is 2. The number of halogens is 1. The number of sulfonamides is 1. The van der Waals surface area contributed by atoms with Crippen LogP contribution in [0.25, 0.3) is 0 Å². The van der Waals surface area contributed by atoms with E-state index in [1.165, 1.54) is 4.31 Å². The van der Waals surface area contributed by atoms with Crippen molar-refractivity contribution in [3.8, 4) is 6.07 Å². The Kier molecular flexibility index (Phi) is 7.73. The maximum absolute atomic E-state index is 11.9. The fourth-order valence-corrected chi connectivity index (χ4v) is 3.15. The van der Waals surface area contributed by atoms with Crippen molar-refractivity contribution in [1.29, 1.82) is 5.26 Å². The molecule has 0 amide bonds. The molecule has 0 saturated carbocycles. The van der Waals surface area contributed by atoms with Crippen molar-refractivity contribution in [2.24, 2.45) is 5.92 Å². The molecule has 0 aliphatic heterocycles. The van der Waals surface area contributed by atoms with Crippen molar-refractivity contribution in [2.45, 2.75) is 26.7 Å². The van der Waals surface area contributed by atoms with Crippen molar-refractivity contribution in [3.05, 3.63) is 0 Å². The Morgan fingerprint density at radius 1 is 1.44 bits per heavy atom. The van der Waals surface area contributed by atoms with Gasteiger partial charge in [-0.25, -0.2) is 12.7 Å². The first-order valence-corrected chi connectivity index (χ1v) is 7.55. The number of unbranched alkanes of at least 4 members (excludes halogenated alkanes) is 1. The van der Waals surface area contributed by atoms with Crippen LogP contribution in [0.15, 0.2) is 0 Å². The largest absolute Gasteiger partial charge is 0.214 e. The summed E-state index contributed by atoms with van der Waals surface area (Å²) in [5.41, 5.74) is 0. The summed E-state index contributed by atoms with van der Waals surface area (Å²) >= 11 is 5.50. The highest BCUT2D eigenvalue weighted by Crippen LogP contribution is 2.08. The Morgan fingerprint density at radius 3 is 2.50 bits per heavy atom. The van der Waals surface area contributed by atoms with Gasteiger partial charge in [-0.15, -0.1) is 11.6 Å². The Hall–Kier alpha value is -0.310. The molecule has 0 spiro atoms. The maximum atomic E-state index is 11.9. The number of nitriles is 1. The molecule has 0 aromatic rings. The molecule has 0 radical (unpaired) electrons. The molecule has 0 fully saturated rings. The third-order valence-electron chi connectivity index (χ3n) is 2.23. The number of hydrogen-bond acceptors (Lipinski definition) is 3. The van der Waals surface area contributed by atoms with Gasteiger partial charge in [-0.2, -0.15) is 5.26 Å². The molecule has 1 atom stereocenters. The van der Waals surface area contributed by atoms with Crippen LogP contribution >= 0.6 is 11.6 Å². The van der Waals surface area contributed by atoms with Gasteiger partial charge in [0.2, 0.25) is 10.0 Å². The lowest BCUT2D eigenvalue weighted by Crippen LogP contribution is -2.36. The van der Waals surface area contributed by atoms with Crippen LogP contribution in [0.5, 0.6) is 0 Å². The second-order valence-corrected chi connectivity index (χ2v) is 6.16. The van der Waals surface area contributed by atoms with Crippen LogP contribution in [0.2, 0.25) is 0 Å². The van der Waals surface area contributed by atoms with Crippen LogP contribution in [0.4, 0.5) is 0 Å². The molecule has 94 valence electrons. The highest BCUT2D eigenvalue weighted by atomic mass is 35.5. The first-order valence-electron chi connectivity index (χ1n) is 5.41. The predicted molar refractivity (Wildman–Crippen MR) is 65.8 cm³/mol. The zero-order valence-corrected chi connectivity index (χ0v) is 11.4. The molecule has 16 heavy (non-hydrogen) atoms. The smallest absolute Gasteiger partial charge is 0.212 e. The summed E-state index contributed by atoms with van der Waals surface area (Å²) in [4.78, 5) is 0. The van der Waals surface area contributed by atoms with E-state index in [-0.39, 0.29) is 18.2 Å². The average Bonchev–Trinajstić information content (AvgIpc) is 2.25. The fraction of sp³-hybridized carbons (Fsp3) is 0.900. The molecule has 0 bridgehead atoms. The zero-order chi connectivity index (χ0) is 12.6. The van der Waals surface area contributed by atoms with Crippen molar-refractivity contribution < 1.29 is 8.42 Å². The SMILES string of the molecule is CCN(CC(C)C#N)S(=O)(=O)CCCCCl. The van der Waals surface area contributed by atoms with E-state index in [4.69, 9.17) is 16.9 Å². The second kappa shape index (κ2) is 7.88. The summed E-state index contributed by atoms with van der Waals surface area (Å²) in [6.45, 7) is 4.19. The standard InChI is InChI=1S/C10H19ClN2O2S/c1-3-13(9-10(2)8-12)16(14,15)7-5-4-6-11/h10H,3-7,9H2,1-2H3. The van der Waals surface area contributed by atoms with Crippen molar-refractivity contribution in [3.63, 3.8) is 0 Å². The van der Waals surface area contributed by atoms with Crippen molar-refractivity contribution in [1.82, 2.24) is 4.31 Å². The quantitative estimate of drug-likeness (QED) is 0.497. The number of rotatable bonds is 8. The van der Waals surface area contributed by atoms with Gasteiger partial charge in [0.1, 0.15) is 0 Å². The van der Waals surface area contributed by atoms with E-state index in [1.807, 2.05) is 6.07 Å². The Balaban J connectivity index is 4.38. The molecule has 0 aromatic carbocycles. The Bertz CT molecular complexity index is 324. The van der Waals surface area contributed by atoms with Gasteiger partial charge >= 0.3 is 0 Å². The van der Waals surface area contributed by atoms with Crippen LogP contribution in [-0.2, 0) is 10.0 Å². The lowest BCUT2D eigenvalue weighted by molar-refractivity contribution is 0.399. The van der Waals surface area contributed by atoms with Gasteiger partial charge in [-0.05, 0) is 19.8 Å². The van der Waals surface area contributed by atoms with E-state index in [2.05, 4.69) is 0 Å². The van der Waals surface area contributed by atoms with E-state index in [0.29, 0.717) is 25.3 Å². The molecule has 0 rings (SSSR count). The minimum atomic E-state index is -3.23. The van der Waals surface area contributed by atoms with Gasteiger partial charge in [-0.3, -0.25) is 0 Å². The van der Waals surface area contributed by atoms with Crippen molar-refractivity contribution in [2.75, 3.05) is 24.7 Å². The minimum Gasteiger partial charge on any atom is -0.212 e. The van der Waals surface area contributed by atoms with Crippen LogP contribution in [0, 0.1) is 17.2 Å². The molecular formula is C10H19ClN2O2S. The molecule has 1 unspecified atom stereocenters. The number of alkyl halides is 1. The van der Waals surface area contributed by atoms with E-state index in [0.717, 1.165) is 0 Å². The lowest BCUT2D eigenvalue weighted by Gasteiger charge is -2.21. The summed E-state index contributed by atoms with van der Waals surface area (Å²) in [5.74, 6) is 0.324. The third-order valence-corrected chi connectivity index (χ3v) is 4.50. The van der Waals surface area contributed by atoms with E-state index < -0.39 is 10.0 Å². The monoisotopic (exact) mass is 266 g/mol. The van der Waals surface area contributed by atoms with E-state index in [9.17, 15) is 8.42 Å². The first-order chi connectivity index (χ1) is 7.47. The Morgan fingerprint density at radius 2 is 2.06 bits per heavy atom. The minimum absolute atomic E-state index is 0.117. The van der Waals surface area contributed by atoms with Gasteiger partial charge < -0.3 is 0 Å². The molecule has 0 saturated heterocycles. The third kappa shape index (κ3) is 5.69. The predicted octanol–water partition coefficient (Wildman–Crippen LogP) is 1.82. The number of hydrogen-bond donors (Lipinski definition) is 0. The van der Waals surface area contributed by atoms with Gasteiger partial charge in [0.05, 0.1) is 17.7 Å². The van der Waals surface area contributed by atoms with Crippen LogP contribution in [0.3, 0.4) is 0 Å². The Labute approximate surface area is 103 Å². The molecule has 0 heterocycles. The maximum Gasteiger partial charge on any atom is 0.214 e. The summed E-state index contributed by atoms with van der Waals surface area (Å²) in [5, 5.41) is 8.67. The molecular weight excluding hydrogens is 248 g/mol. The summed E-state index contributed by atoms with van der Waals surface area (Å²) in [6, 6.07) is 2.04. The molecule has 6 heteroatoms. The fourth-order valence-electron chi connectivity index (χ4n) is 1.29. The molecule has 0 aliphatic rings. The molecule has 0 aliphatic carbocycles. The summed E-state index contributed by atoms with van der Waals surface area (Å²) in [7, 11) is -3.23. The highest BCUT2D eigenvalue weighted by molar-refractivity contribution is 7.89. The van der Waals surface area contributed by atoms with Gasteiger partial charge in [0, 0.05) is 19.0 Å². The van der Waals surface area contributed by atoms with Gasteiger partial charge in [0.15, 0.2) is 0 Å². The van der Waals surface area contributed by atoms with Crippen LogP contribution in [-0.4, -0.2) is 37.4 Å². The summed E-state index contributed by atoms with van der Waals surface area (Å²) < 4.78 is 25.1. The van der Waals surface area contributed by atoms with Crippen LogP contribution in [0.1, 0.15) is 26.7 Å². The average molecular weight is 267 g/mol. The summed E-state index contributed by atoms with van der Waals surface area (Å²) in [6.07, 6.45) is 1.27. The van der Waals surface area contributed by atoms with Crippen molar-refractivity contribution >= 4 is 21.6 Å². The second-order valence-electron chi connectivity index (χ2n) is 3.69. The molecule has 0 N–H and O–H groups in total. The zero-order valence-electron chi connectivity index (χ0n) is 9.82. The first kappa shape index (κ1) is 15.7. The van der Waals surface area contributed by atoms with E-state index in [1.54, 1.807) is 13.8 Å². The van der Waals surface area contributed by atoms with Crippen LogP contribution < -0.4 is 0 Å². The highest BCUT2D eigenvalue weighted by Gasteiger charge is 2.21. The molecule has 4 nitrogen and oxygen atoms in total.